The molecule has 0 saturated heterocycles. The van der Waals surface area contributed by atoms with Crippen LogP contribution in [0.1, 0.15) is 30.1 Å². The summed E-state index contributed by atoms with van der Waals surface area (Å²) in [5.41, 5.74) is 1.48. The third-order valence-electron chi connectivity index (χ3n) is 3.56. The Kier molecular flexibility index (Phi) is 3.31. The first-order valence-corrected chi connectivity index (χ1v) is 6.04. The van der Waals surface area contributed by atoms with Gasteiger partial charge in [0.25, 0.3) is 5.91 Å². The van der Waals surface area contributed by atoms with Crippen LogP contribution in [-0.2, 0) is 0 Å². The molecule has 92 valence electrons. The first-order chi connectivity index (χ1) is 8.15. The smallest absolute Gasteiger partial charge is 0.256 e. The molecular weight excluding hydrogens is 214 g/mol. The van der Waals surface area contributed by atoms with E-state index in [1.807, 2.05) is 11.9 Å². The van der Waals surface area contributed by atoms with Crippen molar-refractivity contribution in [2.24, 2.45) is 5.92 Å². The number of hydrogen-bond donors (Lipinski definition) is 1. The summed E-state index contributed by atoms with van der Waals surface area (Å²) in [7, 11) is 3.68. The average molecular weight is 233 g/mol. The molecule has 0 spiro atoms. The van der Waals surface area contributed by atoms with Crippen molar-refractivity contribution in [1.82, 2.24) is 9.88 Å². The summed E-state index contributed by atoms with van der Waals surface area (Å²) in [4.78, 5) is 18.2. The zero-order chi connectivity index (χ0) is 12.4. The lowest BCUT2D eigenvalue weighted by atomic mass is 10.1. The summed E-state index contributed by atoms with van der Waals surface area (Å²) >= 11 is 0. The molecule has 0 radical (unpaired) electrons. The zero-order valence-electron chi connectivity index (χ0n) is 10.6. The second-order valence-corrected chi connectivity index (χ2v) is 4.67. The summed E-state index contributed by atoms with van der Waals surface area (Å²) in [6.45, 7) is 2.12. The molecule has 1 atom stereocenters. The highest BCUT2D eigenvalue weighted by Gasteiger charge is 2.33. The van der Waals surface area contributed by atoms with Gasteiger partial charge in [-0.15, -0.1) is 0 Å². The number of carbonyl (C=O) groups is 1. The van der Waals surface area contributed by atoms with Gasteiger partial charge >= 0.3 is 0 Å². The Balaban J connectivity index is 2.17. The second-order valence-electron chi connectivity index (χ2n) is 4.67. The highest BCUT2D eigenvalue weighted by atomic mass is 16.2. The zero-order valence-corrected chi connectivity index (χ0v) is 10.6. The van der Waals surface area contributed by atoms with Crippen molar-refractivity contribution in [3.8, 4) is 0 Å². The number of carbonyl (C=O) groups excluding carboxylic acids is 1. The van der Waals surface area contributed by atoms with Gasteiger partial charge < -0.3 is 10.2 Å². The van der Waals surface area contributed by atoms with Crippen molar-refractivity contribution >= 4 is 11.6 Å². The van der Waals surface area contributed by atoms with E-state index in [0.717, 1.165) is 5.69 Å². The number of hydrogen-bond acceptors (Lipinski definition) is 3. The molecule has 1 unspecified atom stereocenters. The molecule has 1 aromatic rings. The van der Waals surface area contributed by atoms with E-state index in [1.165, 1.54) is 12.8 Å². The molecule has 1 aromatic heterocycles. The third kappa shape index (κ3) is 2.40. The lowest BCUT2D eigenvalue weighted by Gasteiger charge is -2.25. The van der Waals surface area contributed by atoms with E-state index in [-0.39, 0.29) is 5.91 Å². The highest BCUT2D eigenvalue weighted by molar-refractivity contribution is 5.99. The van der Waals surface area contributed by atoms with Crippen LogP contribution in [0, 0.1) is 5.92 Å². The largest absolute Gasteiger partial charge is 0.386 e. The molecule has 0 aliphatic heterocycles. The van der Waals surface area contributed by atoms with Crippen LogP contribution >= 0.6 is 0 Å². The predicted molar refractivity (Wildman–Crippen MR) is 68.1 cm³/mol. The first kappa shape index (κ1) is 11.9. The number of nitrogens with zero attached hydrogens (tertiary/aromatic N) is 2. The second kappa shape index (κ2) is 4.73. The number of pyridine rings is 1. The fraction of sp³-hybridized carbons (Fsp3) is 0.538. The van der Waals surface area contributed by atoms with Gasteiger partial charge in [0.15, 0.2) is 0 Å². The number of amides is 1. The van der Waals surface area contributed by atoms with Crippen LogP contribution < -0.4 is 5.32 Å². The van der Waals surface area contributed by atoms with Gasteiger partial charge in [-0.2, -0.15) is 0 Å². The summed E-state index contributed by atoms with van der Waals surface area (Å²) < 4.78 is 0. The Hall–Kier alpha value is -1.58. The maximum atomic E-state index is 12.4. The fourth-order valence-electron chi connectivity index (χ4n) is 2.05. The lowest BCUT2D eigenvalue weighted by molar-refractivity contribution is 0.0728. The molecule has 1 aliphatic carbocycles. The van der Waals surface area contributed by atoms with Crippen LogP contribution in [-0.4, -0.2) is 35.9 Å². The molecule has 1 fully saturated rings. The van der Waals surface area contributed by atoms with Gasteiger partial charge in [0.1, 0.15) is 0 Å². The minimum Gasteiger partial charge on any atom is -0.386 e. The summed E-state index contributed by atoms with van der Waals surface area (Å²) in [6.07, 6.45) is 5.83. The van der Waals surface area contributed by atoms with Gasteiger partial charge in [-0.3, -0.25) is 9.78 Å². The highest BCUT2D eigenvalue weighted by Crippen LogP contribution is 2.35. The maximum Gasteiger partial charge on any atom is 0.256 e. The molecular formula is C13H19N3O. The third-order valence-corrected chi connectivity index (χ3v) is 3.56. The summed E-state index contributed by atoms with van der Waals surface area (Å²) in [6, 6.07) is 2.09. The van der Waals surface area contributed by atoms with Gasteiger partial charge in [0.05, 0.1) is 17.4 Å². The maximum absolute atomic E-state index is 12.4. The van der Waals surface area contributed by atoms with Crippen molar-refractivity contribution in [2.75, 3.05) is 19.4 Å². The average Bonchev–Trinajstić information content (AvgIpc) is 3.20. The SMILES string of the molecule is CNc1cnccc1C(=O)N(C)C(C)C1CC1. The number of nitrogens with one attached hydrogen (secondary N) is 1. The van der Waals surface area contributed by atoms with Gasteiger partial charge in [-0.05, 0) is 31.7 Å². The van der Waals surface area contributed by atoms with Crippen LogP contribution in [0.4, 0.5) is 5.69 Å². The standard InChI is InChI=1S/C13H19N3O/c1-9(10-4-5-10)16(3)13(17)11-6-7-15-8-12(11)14-2/h6-10,14H,4-5H2,1-3H3. The van der Waals surface area contributed by atoms with E-state index in [4.69, 9.17) is 0 Å². The number of aromatic nitrogens is 1. The van der Waals surface area contributed by atoms with Crippen LogP contribution in [0.15, 0.2) is 18.5 Å². The van der Waals surface area contributed by atoms with Crippen molar-refractivity contribution in [1.29, 1.82) is 0 Å². The van der Waals surface area contributed by atoms with E-state index in [0.29, 0.717) is 17.5 Å². The Morgan fingerprint density at radius 2 is 2.29 bits per heavy atom. The van der Waals surface area contributed by atoms with Crippen LogP contribution in [0.2, 0.25) is 0 Å². The molecule has 0 aromatic carbocycles. The van der Waals surface area contributed by atoms with E-state index in [2.05, 4.69) is 17.2 Å². The lowest BCUT2D eigenvalue weighted by Crippen LogP contribution is -2.36. The van der Waals surface area contributed by atoms with Gasteiger partial charge in [0.2, 0.25) is 0 Å². The molecule has 4 heteroatoms. The van der Waals surface area contributed by atoms with Crippen molar-refractivity contribution in [3.05, 3.63) is 24.0 Å². The number of rotatable bonds is 4. The molecule has 17 heavy (non-hydrogen) atoms. The van der Waals surface area contributed by atoms with Crippen molar-refractivity contribution in [3.63, 3.8) is 0 Å². The Bertz CT molecular complexity index is 415. The molecule has 0 bridgehead atoms. The summed E-state index contributed by atoms with van der Waals surface area (Å²) in [5.74, 6) is 0.750. The van der Waals surface area contributed by atoms with Gasteiger partial charge in [-0.1, -0.05) is 0 Å². The van der Waals surface area contributed by atoms with E-state index in [9.17, 15) is 4.79 Å². The molecule has 1 heterocycles. The minimum atomic E-state index is 0.0659. The van der Waals surface area contributed by atoms with Crippen LogP contribution in [0.25, 0.3) is 0 Å². The van der Waals surface area contributed by atoms with Gasteiger partial charge in [0, 0.05) is 26.3 Å². The Labute approximate surface area is 102 Å². The predicted octanol–water partition coefficient (Wildman–Crippen LogP) is 1.99. The fourth-order valence-corrected chi connectivity index (χ4v) is 2.05. The molecule has 1 N–H and O–H groups in total. The molecule has 1 saturated carbocycles. The first-order valence-electron chi connectivity index (χ1n) is 6.04. The molecule has 1 amide bonds. The normalized spacial score (nSPS) is 16.4. The van der Waals surface area contributed by atoms with Gasteiger partial charge in [-0.25, -0.2) is 0 Å². The van der Waals surface area contributed by atoms with E-state index in [1.54, 1.807) is 25.5 Å². The summed E-state index contributed by atoms with van der Waals surface area (Å²) in [5, 5.41) is 3.01. The van der Waals surface area contributed by atoms with E-state index >= 15 is 0 Å². The van der Waals surface area contributed by atoms with E-state index < -0.39 is 0 Å². The topological polar surface area (TPSA) is 45.2 Å². The quantitative estimate of drug-likeness (QED) is 0.865. The Morgan fingerprint density at radius 3 is 2.88 bits per heavy atom. The van der Waals surface area contributed by atoms with Crippen LogP contribution in [0.5, 0.6) is 0 Å². The minimum absolute atomic E-state index is 0.0659. The monoisotopic (exact) mass is 233 g/mol. The van der Waals surface area contributed by atoms with Crippen molar-refractivity contribution in [2.45, 2.75) is 25.8 Å². The van der Waals surface area contributed by atoms with Crippen LogP contribution in [0.3, 0.4) is 0 Å². The molecule has 1 aliphatic rings. The molecule has 2 rings (SSSR count). The number of anilines is 1. The van der Waals surface area contributed by atoms with Crippen molar-refractivity contribution < 1.29 is 4.79 Å². The molecule has 4 nitrogen and oxygen atoms in total. The Morgan fingerprint density at radius 1 is 1.59 bits per heavy atom.